The minimum atomic E-state index is -1.51. The van der Waals surface area contributed by atoms with Crippen LogP contribution in [0.15, 0.2) is 104 Å². The maximum absolute atomic E-state index is 15.1. The molecular formula is C68H70F4N16O2. The number of nitrogens with one attached hydrogen (secondary N) is 2. The average Bonchev–Trinajstić information content (AvgIpc) is 1.15. The average molecular weight is 1220 g/mol. The number of halogens is 4. The highest BCUT2D eigenvalue weighted by atomic mass is 19.1. The van der Waals surface area contributed by atoms with Gasteiger partial charge in [0, 0.05) is 88.8 Å². The van der Waals surface area contributed by atoms with E-state index in [1.807, 2.05) is 69.7 Å². The van der Waals surface area contributed by atoms with Crippen molar-refractivity contribution in [2.24, 2.45) is 14.1 Å². The number of aliphatic hydroxyl groups excluding tert-OH is 1. The lowest BCUT2D eigenvalue weighted by Crippen LogP contribution is -2.51. The number of aryl methyl sites for hydroxylation is 5. The fourth-order valence-electron chi connectivity index (χ4n) is 13.0. The van der Waals surface area contributed by atoms with Gasteiger partial charge in [0.25, 0.3) is 0 Å². The predicted octanol–water partition coefficient (Wildman–Crippen LogP) is 11.0. The SMILES string of the molecule is CCCc1cc(-c2cc(F)c3cc(C4CCNCC4)nnc3c2)nn2cc(C)nc12.CCN1CCC(c2cc(F)c3nc(-c4cc(F)c5nn(C)cc5c4)ncc3c2)CC1.Cc1cc(-c2cc3c(F)cc([C@]4(O)CCNC[C@H]4O)cc3nn2)cc2cn(C)nc12. The summed E-state index contributed by atoms with van der Waals surface area (Å²) >= 11 is 0. The lowest BCUT2D eigenvalue weighted by Gasteiger charge is -2.37. The number of aromatic nitrogens is 13. The van der Waals surface area contributed by atoms with Crippen LogP contribution in [0.3, 0.4) is 0 Å². The van der Waals surface area contributed by atoms with Crippen molar-refractivity contribution >= 4 is 60.2 Å². The summed E-state index contributed by atoms with van der Waals surface area (Å²) in [6.07, 6.45) is 12.4. The van der Waals surface area contributed by atoms with E-state index in [0.29, 0.717) is 90.4 Å². The number of aliphatic hydroxyl groups is 2. The zero-order chi connectivity index (χ0) is 62.5. The van der Waals surface area contributed by atoms with Crippen LogP contribution in [0.1, 0.15) is 97.8 Å². The Kier molecular flexibility index (Phi) is 16.6. The van der Waals surface area contributed by atoms with E-state index in [9.17, 15) is 19.0 Å². The van der Waals surface area contributed by atoms with Gasteiger partial charge < -0.3 is 25.7 Å². The molecule has 0 saturated carbocycles. The molecule has 18 nitrogen and oxygen atoms in total. The molecule has 0 aliphatic carbocycles. The number of imidazole rings is 1. The third-order valence-corrected chi connectivity index (χ3v) is 17.9. The van der Waals surface area contributed by atoms with Gasteiger partial charge in [0.15, 0.2) is 17.3 Å². The third-order valence-electron chi connectivity index (χ3n) is 17.9. The predicted molar refractivity (Wildman–Crippen MR) is 340 cm³/mol. The minimum absolute atomic E-state index is 0.247. The Morgan fingerprint density at radius 3 is 2.07 bits per heavy atom. The van der Waals surface area contributed by atoms with Gasteiger partial charge in [-0.05, 0) is 199 Å². The summed E-state index contributed by atoms with van der Waals surface area (Å²) in [7, 11) is 3.61. The topological polar surface area (TPSA) is 211 Å². The van der Waals surface area contributed by atoms with E-state index in [4.69, 9.17) is 0 Å². The molecule has 0 bridgehead atoms. The molecule has 3 aliphatic heterocycles. The molecule has 10 heterocycles. The number of rotatable bonds is 9. The smallest absolute Gasteiger partial charge is 0.160 e. The van der Waals surface area contributed by atoms with Crippen molar-refractivity contribution in [3.05, 3.63) is 161 Å². The molecule has 3 aliphatic rings. The highest BCUT2D eigenvalue weighted by Gasteiger charge is 2.40. The molecule has 2 atom stereocenters. The van der Waals surface area contributed by atoms with Gasteiger partial charge in [-0.2, -0.15) is 25.5 Å². The van der Waals surface area contributed by atoms with E-state index in [1.165, 1.54) is 12.1 Å². The van der Waals surface area contributed by atoms with Gasteiger partial charge in [-0.25, -0.2) is 37.0 Å². The van der Waals surface area contributed by atoms with Crippen LogP contribution in [0, 0.1) is 37.1 Å². The van der Waals surface area contributed by atoms with Gasteiger partial charge in [-0.3, -0.25) is 9.36 Å². The Bertz CT molecular complexity index is 4690. The van der Waals surface area contributed by atoms with Crippen molar-refractivity contribution in [2.75, 3.05) is 45.8 Å². The van der Waals surface area contributed by atoms with E-state index in [1.54, 1.807) is 63.7 Å². The van der Waals surface area contributed by atoms with Gasteiger partial charge >= 0.3 is 0 Å². The number of β-amino-alcohol motifs (C(OH)–C–C–N with tert-alkyl or cyclic N) is 1. The van der Waals surface area contributed by atoms with E-state index in [0.717, 1.165) is 121 Å². The normalized spacial score (nSPS) is 17.8. The molecule has 5 aromatic carbocycles. The number of nitrogens with zero attached hydrogens (tertiary/aromatic N) is 14. The number of benzene rings is 5. The number of hydrogen-bond donors (Lipinski definition) is 4. The Labute approximate surface area is 516 Å². The van der Waals surface area contributed by atoms with Gasteiger partial charge in [-0.15, -0.1) is 10.2 Å². The maximum Gasteiger partial charge on any atom is 0.160 e. The molecule has 0 radical (unpaired) electrons. The second kappa shape index (κ2) is 24.9. The summed E-state index contributed by atoms with van der Waals surface area (Å²) in [5.41, 5.74) is 10.3. The molecule has 90 heavy (non-hydrogen) atoms. The van der Waals surface area contributed by atoms with Gasteiger partial charge in [-0.1, -0.05) is 20.3 Å². The highest BCUT2D eigenvalue weighted by molar-refractivity contribution is 5.90. The fourth-order valence-corrected chi connectivity index (χ4v) is 13.0. The Morgan fingerprint density at radius 2 is 1.30 bits per heavy atom. The van der Waals surface area contributed by atoms with Crippen LogP contribution >= 0.6 is 0 Å². The van der Waals surface area contributed by atoms with Crippen LogP contribution in [-0.2, 0) is 26.1 Å². The van der Waals surface area contributed by atoms with Crippen LogP contribution in [0.2, 0.25) is 0 Å². The summed E-state index contributed by atoms with van der Waals surface area (Å²) < 4.78 is 64.7. The summed E-state index contributed by atoms with van der Waals surface area (Å²) in [5.74, 6) is -0.589. The van der Waals surface area contributed by atoms with E-state index >= 15 is 8.78 Å². The molecule has 0 spiro atoms. The van der Waals surface area contributed by atoms with Crippen LogP contribution in [0.4, 0.5) is 17.6 Å². The third kappa shape index (κ3) is 12.0. The summed E-state index contributed by atoms with van der Waals surface area (Å²) in [6.45, 7) is 14.1. The second-order valence-electron chi connectivity index (χ2n) is 24.2. The lowest BCUT2D eigenvalue weighted by molar-refractivity contribution is -0.0977. The van der Waals surface area contributed by atoms with E-state index in [-0.39, 0.29) is 30.1 Å². The van der Waals surface area contributed by atoms with Crippen molar-refractivity contribution in [2.45, 2.75) is 96.2 Å². The van der Waals surface area contributed by atoms with Crippen LogP contribution < -0.4 is 10.6 Å². The van der Waals surface area contributed by atoms with Gasteiger partial charge in [0.1, 0.15) is 34.1 Å². The number of fused-ring (bicyclic) bond motifs is 6. The molecule has 12 aromatic rings. The van der Waals surface area contributed by atoms with Crippen LogP contribution in [0.5, 0.6) is 0 Å². The maximum atomic E-state index is 15.1. The first kappa shape index (κ1) is 60.1. The second-order valence-corrected chi connectivity index (χ2v) is 24.2. The first-order valence-electron chi connectivity index (χ1n) is 30.9. The standard InChI is InChI=1S/C23H23F2N5.C23H25FN6.C22H22FN5O2/c1-3-30-6-4-14(5-7-30)15-8-17-12-26-23(27-21(17)19(24)10-15)16-9-18-13-29(2)28-22(18)20(25)11-16;1-3-4-16-10-21(29-30-13-14(2)26-23(16)30)17-9-19(24)18-12-20(27-28-22(18)11-17)15-5-7-25-8-6-15;1-12-5-13(6-14-11-28(2)27-21(12)14)18-9-16-17(23)7-15(8-19(16)26-25-18)22(30)3-4-24-10-20(22)29/h8-14H,3-7H2,1-2H3;9-13,15,25H,3-8H2,1-2H3;5-9,11,20,24,29-30H,3-4,10H2,1-2H3/t;;20-,22-/m..1/s1. The first-order valence-corrected chi connectivity index (χ1v) is 30.9. The van der Waals surface area contributed by atoms with E-state index < -0.39 is 23.3 Å². The zero-order valence-electron chi connectivity index (χ0n) is 51.1. The molecule has 0 unspecified atom stereocenters. The summed E-state index contributed by atoms with van der Waals surface area (Å²) in [4.78, 5) is 15.8. The lowest BCUT2D eigenvalue weighted by atomic mass is 9.82. The van der Waals surface area contributed by atoms with Crippen LogP contribution in [0.25, 0.3) is 94.1 Å². The molecular weight excluding hydrogens is 1150 g/mol. The molecule has 4 N–H and O–H groups in total. The number of piperidine rings is 3. The quantitative estimate of drug-likeness (QED) is 0.0991. The Hall–Kier alpha value is -8.80. The molecule has 3 fully saturated rings. The Morgan fingerprint density at radius 1 is 0.611 bits per heavy atom. The Balaban J connectivity index is 0.000000124. The molecule has 7 aromatic heterocycles. The van der Waals surface area contributed by atoms with Gasteiger partial charge in [0.2, 0.25) is 0 Å². The largest absolute Gasteiger partial charge is 0.388 e. The van der Waals surface area contributed by atoms with Crippen molar-refractivity contribution in [3.8, 4) is 33.9 Å². The number of likely N-dealkylation sites (tertiary alicyclic amines) is 1. The van der Waals surface area contributed by atoms with Crippen molar-refractivity contribution in [3.63, 3.8) is 0 Å². The molecule has 22 heteroatoms. The molecule has 15 rings (SSSR count). The van der Waals surface area contributed by atoms with Gasteiger partial charge in [0.05, 0.1) is 51.6 Å². The monoisotopic (exact) mass is 1220 g/mol. The molecule has 0 amide bonds. The fraction of sp³-hybridized carbons (Fsp3) is 0.353. The minimum Gasteiger partial charge on any atom is -0.388 e. The zero-order valence-corrected chi connectivity index (χ0v) is 51.1. The van der Waals surface area contributed by atoms with Crippen molar-refractivity contribution in [1.82, 2.24) is 80.1 Å². The summed E-state index contributed by atoms with van der Waals surface area (Å²) in [6, 6.07) is 22.6. The van der Waals surface area contributed by atoms with Crippen LogP contribution in [-0.4, -0.2) is 132 Å². The summed E-state index contributed by atoms with van der Waals surface area (Å²) in [5, 5.41) is 61.3. The van der Waals surface area contributed by atoms with Crippen molar-refractivity contribution < 1.29 is 27.8 Å². The molecule has 462 valence electrons. The highest BCUT2D eigenvalue weighted by Crippen LogP contribution is 2.37. The molecule has 3 saturated heterocycles. The van der Waals surface area contributed by atoms with Crippen molar-refractivity contribution in [1.29, 1.82) is 0 Å². The number of hydrogen-bond acceptors (Lipinski definition) is 15. The first-order chi connectivity index (χ1) is 43.5. The van der Waals surface area contributed by atoms with E-state index in [2.05, 4.69) is 80.0 Å².